The van der Waals surface area contributed by atoms with Gasteiger partial charge in [0.1, 0.15) is 23.6 Å². The molecule has 0 saturated heterocycles. The molecule has 1 aliphatic rings. The summed E-state index contributed by atoms with van der Waals surface area (Å²) in [6.45, 7) is 2.34. The molecule has 3 aromatic rings. The second-order valence-corrected chi connectivity index (χ2v) is 6.21. The minimum absolute atomic E-state index is 0.301. The van der Waals surface area contributed by atoms with E-state index in [2.05, 4.69) is 15.4 Å². The number of hydroxylamine groups is 1. The molecule has 0 atom stereocenters. The van der Waals surface area contributed by atoms with Crippen LogP contribution in [0.4, 0.5) is 4.39 Å². The number of hydrazine groups is 2. The summed E-state index contributed by atoms with van der Waals surface area (Å²) in [5.41, 5.74) is 6.01. The van der Waals surface area contributed by atoms with E-state index in [0.717, 1.165) is 11.3 Å². The molecule has 0 aliphatic carbocycles. The first-order chi connectivity index (χ1) is 14.2. The Hall–Kier alpha value is -3.49. The van der Waals surface area contributed by atoms with Crippen LogP contribution < -0.4 is 10.2 Å². The Morgan fingerprint density at radius 1 is 1.03 bits per heavy atom. The van der Waals surface area contributed by atoms with Crippen molar-refractivity contribution in [1.29, 1.82) is 0 Å². The average molecular weight is 393 g/mol. The summed E-state index contributed by atoms with van der Waals surface area (Å²) >= 11 is 0. The van der Waals surface area contributed by atoms with Gasteiger partial charge in [-0.3, -0.25) is 10.3 Å². The van der Waals surface area contributed by atoms with Crippen molar-refractivity contribution in [3.63, 3.8) is 0 Å². The Morgan fingerprint density at radius 3 is 2.52 bits per heavy atom. The fraction of sp³-hybridized carbons (Fsp3) is 0.143. The van der Waals surface area contributed by atoms with Gasteiger partial charge in [0.25, 0.3) is 0 Å². The maximum atomic E-state index is 13.4. The van der Waals surface area contributed by atoms with Crippen molar-refractivity contribution in [1.82, 2.24) is 25.7 Å². The van der Waals surface area contributed by atoms with Crippen molar-refractivity contribution in [2.24, 2.45) is 0 Å². The summed E-state index contributed by atoms with van der Waals surface area (Å²) in [7, 11) is 1.81. The molecule has 8 heteroatoms. The summed E-state index contributed by atoms with van der Waals surface area (Å²) in [5, 5.41) is 3.30. The lowest BCUT2D eigenvalue weighted by atomic mass is 10.1. The summed E-state index contributed by atoms with van der Waals surface area (Å²) < 4.78 is 19.2. The van der Waals surface area contributed by atoms with Crippen LogP contribution in [0.2, 0.25) is 0 Å². The van der Waals surface area contributed by atoms with Gasteiger partial charge in [-0.25, -0.2) is 14.4 Å². The van der Waals surface area contributed by atoms with Crippen LogP contribution in [0.15, 0.2) is 67.0 Å². The number of halogens is 1. The monoisotopic (exact) mass is 393 g/mol. The predicted molar refractivity (Wildman–Crippen MR) is 106 cm³/mol. The average Bonchev–Trinajstić information content (AvgIpc) is 3.06. The van der Waals surface area contributed by atoms with E-state index in [1.807, 2.05) is 44.3 Å². The summed E-state index contributed by atoms with van der Waals surface area (Å²) in [5.74, 6) is 0.774. The summed E-state index contributed by atoms with van der Waals surface area (Å²) in [6.07, 6.45) is 1.44. The maximum absolute atomic E-state index is 13.4. The molecule has 0 radical (unpaired) electrons. The molecule has 0 saturated carbocycles. The zero-order valence-electron chi connectivity index (χ0n) is 16.0. The molecule has 29 heavy (non-hydrogen) atoms. The second-order valence-electron chi connectivity index (χ2n) is 6.21. The molecule has 148 valence electrons. The number of nitrogens with zero attached hydrogens (tertiary/aromatic N) is 4. The van der Waals surface area contributed by atoms with E-state index in [0.29, 0.717) is 29.6 Å². The van der Waals surface area contributed by atoms with E-state index in [1.165, 1.54) is 18.5 Å². The molecule has 2 heterocycles. The lowest BCUT2D eigenvalue weighted by Gasteiger charge is -2.25. The highest BCUT2D eigenvalue weighted by molar-refractivity contribution is 5.88. The Bertz CT molecular complexity index is 1010. The molecule has 0 fully saturated rings. The first-order valence-corrected chi connectivity index (χ1v) is 9.14. The molecule has 0 amide bonds. The minimum Gasteiger partial charge on any atom is -0.439 e. The lowest BCUT2D eigenvalue weighted by Crippen LogP contribution is -2.39. The van der Waals surface area contributed by atoms with Gasteiger partial charge in [-0.2, -0.15) is 5.17 Å². The fourth-order valence-electron chi connectivity index (χ4n) is 2.96. The third-order valence-corrected chi connectivity index (χ3v) is 4.21. The molecule has 7 nitrogen and oxygen atoms in total. The Labute approximate surface area is 167 Å². The van der Waals surface area contributed by atoms with Gasteiger partial charge in [0.05, 0.1) is 18.0 Å². The van der Waals surface area contributed by atoms with Crippen LogP contribution >= 0.6 is 0 Å². The third kappa shape index (κ3) is 4.03. The van der Waals surface area contributed by atoms with Crippen LogP contribution in [0.5, 0.6) is 11.6 Å². The largest absolute Gasteiger partial charge is 0.439 e. The summed E-state index contributed by atoms with van der Waals surface area (Å²) in [6, 6.07) is 17.3. The van der Waals surface area contributed by atoms with Gasteiger partial charge in [0.2, 0.25) is 5.88 Å². The molecule has 0 bridgehead atoms. The van der Waals surface area contributed by atoms with Crippen LogP contribution in [0.3, 0.4) is 0 Å². The molecule has 0 unspecified atom stereocenters. The van der Waals surface area contributed by atoms with Gasteiger partial charge < -0.3 is 4.74 Å². The second kappa shape index (κ2) is 8.26. The van der Waals surface area contributed by atoms with Gasteiger partial charge in [0.15, 0.2) is 0 Å². The van der Waals surface area contributed by atoms with E-state index in [9.17, 15) is 4.39 Å². The van der Waals surface area contributed by atoms with Gasteiger partial charge in [-0.05, 0) is 43.3 Å². The zero-order chi connectivity index (χ0) is 20.2. The number of ether oxygens (including phenoxy) is 1. The van der Waals surface area contributed by atoms with Crippen molar-refractivity contribution in [2.45, 2.75) is 6.92 Å². The number of benzene rings is 2. The standard InChI is InChI=1S/C21H20FN5O2/c1-3-28-27-21(20(25-26(27)2)15-9-11-16(22)12-10-15)18-13-19(24-14-23-18)29-17-7-5-4-6-8-17/h4-14,25H,3H2,1-2H3. The predicted octanol–water partition coefficient (Wildman–Crippen LogP) is 3.85. The minimum atomic E-state index is -0.301. The smallest absolute Gasteiger partial charge is 0.222 e. The van der Waals surface area contributed by atoms with E-state index >= 15 is 0 Å². The molecule has 4 rings (SSSR count). The molecular formula is C21H20FN5O2. The first-order valence-electron chi connectivity index (χ1n) is 9.14. The number of hydrogen-bond donors (Lipinski definition) is 1. The Balaban J connectivity index is 1.76. The van der Waals surface area contributed by atoms with E-state index in [1.54, 1.807) is 28.5 Å². The number of para-hydroxylation sites is 1. The quantitative estimate of drug-likeness (QED) is 0.682. The fourth-order valence-corrected chi connectivity index (χ4v) is 2.96. The molecular weight excluding hydrogens is 373 g/mol. The molecule has 2 aromatic carbocycles. The highest BCUT2D eigenvalue weighted by Crippen LogP contribution is 2.34. The van der Waals surface area contributed by atoms with Crippen LogP contribution in [0.25, 0.3) is 11.4 Å². The highest BCUT2D eigenvalue weighted by atomic mass is 19.1. The van der Waals surface area contributed by atoms with Gasteiger partial charge in [-0.15, -0.1) is 5.12 Å². The molecule has 1 aromatic heterocycles. The van der Waals surface area contributed by atoms with E-state index in [-0.39, 0.29) is 5.82 Å². The van der Waals surface area contributed by atoms with Crippen molar-refractivity contribution in [3.8, 4) is 11.6 Å². The van der Waals surface area contributed by atoms with Crippen molar-refractivity contribution in [3.05, 3.63) is 84.1 Å². The highest BCUT2D eigenvalue weighted by Gasteiger charge is 2.31. The zero-order valence-corrected chi connectivity index (χ0v) is 16.0. The van der Waals surface area contributed by atoms with E-state index in [4.69, 9.17) is 9.57 Å². The summed E-state index contributed by atoms with van der Waals surface area (Å²) in [4.78, 5) is 14.4. The number of aromatic nitrogens is 2. The number of hydrogen-bond acceptors (Lipinski definition) is 7. The van der Waals surface area contributed by atoms with Crippen LogP contribution in [-0.2, 0) is 4.84 Å². The normalized spacial score (nSPS) is 14.2. The molecule has 0 spiro atoms. The van der Waals surface area contributed by atoms with Crippen LogP contribution in [0.1, 0.15) is 18.2 Å². The van der Waals surface area contributed by atoms with E-state index < -0.39 is 0 Å². The number of rotatable bonds is 6. The van der Waals surface area contributed by atoms with Gasteiger partial charge in [0, 0.05) is 18.7 Å². The van der Waals surface area contributed by atoms with Crippen LogP contribution in [0, 0.1) is 5.82 Å². The molecule has 1 N–H and O–H groups in total. The Morgan fingerprint density at radius 2 is 1.79 bits per heavy atom. The van der Waals surface area contributed by atoms with Gasteiger partial charge in [-0.1, -0.05) is 18.2 Å². The van der Waals surface area contributed by atoms with Crippen molar-refractivity contribution in [2.75, 3.05) is 13.7 Å². The SMILES string of the molecule is CCON1C(c2cc(Oc3ccccc3)ncn2)=C(c2ccc(F)cc2)NN1C. The Kier molecular flexibility index (Phi) is 5.37. The maximum Gasteiger partial charge on any atom is 0.222 e. The van der Waals surface area contributed by atoms with Crippen molar-refractivity contribution < 1.29 is 14.0 Å². The van der Waals surface area contributed by atoms with Crippen molar-refractivity contribution >= 4 is 11.4 Å². The third-order valence-electron chi connectivity index (χ3n) is 4.21. The first kappa shape index (κ1) is 18.9. The van der Waals surface area contributed by atoms with Crippen LogP contribution in [-0.4, -0.2) is 33.9 Å². The number of nitrogens with one attached hydrogen (secondary N) is 1. The lowest BCUT2D eigenvalue weighted by molar-refractivity contribution is -0.231. The topological polar surface area (TPSA) is 62.8 Å². The molecule has 1 aliphatic heterocycles. The van der Waals surface area contributed by atoms with Gasteiger partial charge >= 0.3 is 0 Å².